The zero-order valence-electron chi connectivity index (χ0n) is 12.8. The molecular weight excluding hydrogens is 306 g/mol. The SMILES string of the molecule is CCc1ccsc1CNS(=O)(=O)N1CCC(CNC)CC1. The average Bonchev–Trinajstić information content (AvgIpc) is 2.94. The second-order valence-corrected chi connectivity index (χ2v) is 8.20. The molecule has 1 aromatic rings. The fourth-order valence-electron chi connectivity index (χ4n) is 2.73. The molecule has 1 aliphatic heterocycles. The first-order chi connectivity index (χ1) is 10.1. The van der Waals surface area contributed by atoms with E-state index in [0.717, 1.165) is 30.7 Å². The number of piperidine rings is 1. The summed E-state index contributed by atoms with van der Waals surface area (Å²) in [6, 6.07) is 2.07. The predicted molar refractivity (Wildman–Crippen MR) is 87.7 cm³/mol. The zero-order valence-corrected chi connectivity index (χ0v) is 14.4. The highest BCUT2D eigenvalue weighted by molar-refractivity contribution is 7.87. The largest absolute Gasteiger partial charge is 0.319 e. The minimum Gasteiger partial charge on any atom is -0.319 e. The van der Waals surface area contributed by atoms with Gasteiger partial charge in [-0.25, -0.2) is 0 Å². The van der Waals surface area contributed by atoms with Crippen LogP contribution in [-0.4, -0.2) is 39.4 Å². The minimum atomic E-state index is -3.35. The highest BCUT2D eigenvalue weighted by Crippen LogP contribution is 2.20. The van der Waals surface area contributed by atoms with Crippen LogP contribution < -0.4 is 10.0 Å². The predicted octanol–water partition coefficient (Wildman–Crippen LogP) is 1.58. The van der Waals surface area contributed by atoms with Gasteiger partial charge in [0.2, 0.25) is 0 Å². The van der Waals surface area contributed by atoms with Crippen LogP contribution in [0, 0.1) is 5.92 Å². The Labute approximate surface area is 131 Å². The number of nitrogens with zero attached hydrogens (tertiary/aromatic N) is 1. The van der Waals surface area contributed by atoms with Crippen LogP contribution in [0.2, 0.25) is 0 Å². The van der Waals surface area contributed by atoms with Crippen molar-refractivity contribution in [2.45, 2.75) is 32.7 Å². The number of nitrogens with one attached hydrogen (secondary N) is 2. The van der Waals surface area contributed by atoms with E-state index < -0.39 is 10.2 Å². The summed E-state index contributed by atoms with van der Waals surface area (Å²) in [4.78, 5) is 1.12. The highest BCUT2D eigenvalue weighted by Gasteiger charge is 2.27. The Morgan fingerprint density at radius 2 is 2.10 bits per heavy atom. The van der Waals surface area contributed by atoms with Gasteiger partial charge in [-0.2, -0.15) is 17.4 Å². The van der Waals surface area contributed by atoms with Gasteiger partial charge in [0.05, 0.1) is 0 Å². The third-order valence-electron chi connectivity index (χ3n) is 4.04. The van der Waals surface area contributed by atoms with Gasteiger partial charge >= 0.3 is 0 Å². The first kappa shape index (κ1) is 16.9. The molecule has 0 spiro atoms. The molecule has 0 aromatic carbocycles. The number of hydrogen-bond donors (Lipinski definition) is 2. The van der Waals surface area contributed by atoms with Crippen molar-refractivity contribution in [2.75, 3.05) is 26.7 Å². The molecule has 120 valence electrons. The molecule has 0 saturated carbocycles. The van der Waals surface area contributed by atoms with Crippen molar-refractivity contribution in [3.8, 4) is 0 Å². The molecule has 0 atom stereocenters. The van der Waals surface area contributed by atoms with E-state index in [2.05, 4.69) is 23.0 Å². The molecule has 1 aromatic heterocycles. The molecule has 0 aliphatic carbocycles. The summed E-state index contributed by atoms with van der Waals surface area (Å²) >= 11 is 1.61. The number of aryl methyl sites for hydroxylation is 1. The summed E-state index contributed by atoms with van der Waals surface area (Å²) < 4.78 is 29.0. The average molecular weight is 332 g/mol. The van der Waals surface area contributed by atoms with Gasteiger partial charge in [-0.3, -0.25) is 0 Å². The smallest absolute Gasteiger partial charge is 0.279 e. The van der Waals surface area contributed by atoms with Gasteiger partial charge in [-0.05, 0) is 55.8 Å². The molecule has 1 aliphatic rings. The Balaban J connectivity index is 1.88. The summed E-state index contributed by atoms with van der Waals surface area (Å²) in [5.74, 6) is 0.588. The lowest BCUT2D eigenvalue weighted by Crippen LogP contribution is -2.45. The lowest BCUT2D eigenvalue weighted by molar-refractivity contribution is 0.268. The molecule has 7 heteroatoms. The second-order valence-electron chi connectivity index (χ2n) is 5.45. The van der Waals surface area contributed by atoms with E-state index in [1.807, 2.05) is 12.4 Å². The molecule has 5 nitrogen and oxygen atoms in total. The van der Waals surface area contributed by atoms with Crippen molar-refractivity contribution in [1.82, 2.24) is 14.3 Å². The maximum absolute atomic E-state index is 12.3. The Bertz CT molecular complexity index is 534. The second kappa shape index (κ2) is 7.69. The molecule has 0 amide bonds. The van der Waals surface area contributed by atoms with Crippen molar-refractivity contribution in [1.29, 1.82) is 0 Å². The van der Waals surface area contributed by atoms with Crippen LogP contribution in [0.4, 0.5) is 0 Å². The summed E-state index contributed by atoms with van der Waals surface area (Å²) in [6.45, 7) is 4.70. The topological polar surface area (TPSA) is 61.4 Å². The molecule has 1 saturated heterocycles. The Hall–Kier alpha value is -0.470. The molecule has 2 rings (SSSR count). The molecule has 0 unspecified atom stereocenters. The van der Waals surface area contributed by atoms with E-state index in [-0.39, 0.29) is 0 Å². The quantitative estimate of drug-likeness (QED) is 0.797. The fraction of sp³-hybridized carbons (Fsp3) is 0.714. The molecule has 1 fully saturated rings. The van der Waals surface area contributed by atoms with E-state index in [0.29, 0.717) is 25.6 Å². The third-order valence-corrected chi connectivity index (χ3v) is 6.56. The zero-order chi connectivity index (χ0) is 15.3. The Morgan fingerprint density at radius 3 is 2.71 bits per heavy atom. The van der Waals surface area contributed by atoms with Gasteiger partial charge in [0.15, 0.2) is 0 Å². The van der Waals surface area contributed by atoms with E-state index in [1.165, 1.54) is 5.56 Å². The van der Waals surface area contributed by atoms with Gasteiger partial charge in [-0.15, -0.1) is 11.3 Å². The maximum atomic E-state index is 12.3. The van der Waals surface area contributed by atoms with Gasteiger partial charge < -0.3 is 5.32 Å². The number of thiophene rings is 1. The van der Waals surface area contributed by atoms with Gasteiger partial charge in [0.1, 0.15) is 0 Å². The van der Waals surface area contributed by atoms with E-state index in [4.69, 9.17) is 0 Å². The molecular formula is C14H25N3O2S2. The summed E-state index contributed by atoms with van der Waals surface area (Å²) in [5.41, 5.74) is 1.23. The van der Waals surface area contributed by atoms with E-state index in [1.54, 1.807) is 15.6 Å². The number of rotatable bonds is 7. The van der Waals surface area contributed by atoms with Crippen molar-refractivity contribution >= 4 is 21.5 Å². The van der Waals surface area contributed by atoms with Crippen LogP contribution in [0.1, 0.15) is 30.2 Å². The van der Waals surface area contributed by atoms with Crippen molar-refractivity contribution in [3.05, 3.63) is 21.9 Å². The van der Waals surface area contributed by atoms with Crippen molar-refractivity contribution in [3.63, 3.8) is 0 Å². The van der Waals surface area contributed by atoms with Crippen LogP contribution in [-0.2, 0) is 23.2 Å². The molecule has 2 heterocycles. The number of hydrogen-bond acceptors (Lipinski definition) is 4. The fourth-order valence-corrected chi connectivity index (χ4v) is 4.94. The first-order valence-electron chi connectivity index (χ1n) is 7.51. The molecule has 0 radical (unpaired) electrons. The molecule has 21 heavy (non-hydrogen) atoms. The van der Waals surface area contributed by atoms with Gasteiger partial charge in [-0.1, -0.05) is 6.92 Å². The first-order valence-corrected chi connectivity index (χ1v) is 9.83. The van der Waals surface area contributed by atoms with Gasteiger partial charge in [0, 0.05) is 24.5 Å². The monoisotopic (exact) mass is 331 g/mol. The summed E-state index contributed by atoms with van der Waals surface area (Å²) in [7, 11) is -1.41. The lowest BCUT2D eigenvalue weighted by Gasteiger charge is -2.31. The third kappa shape index (κ3) is 4.50. The summed E-state index contributed by atoms with van der Waals surface area (Å²) in [6.07, 6.45) is 2.80. The highest BCUT2D eigenvalue weighted by atomic mass is 32.2. The van der Waals surface area contributed by atoms with Crippen molar-refractivity contribution in [2.24, 2.45) is 5.92 Å². The Kier molecular flexibility index (Phi) is 6.19. The van der Waals surface area contributed by atoms with Crippen LogP contribution >= 0.6 is 11.3 Å². The van der Waals surface area contributed by atoms with Gasteiger partial charge in [0.25, 0.3) is 10.2 Å². The molecule has 0 bridgehead atoms. The van der Waals surface area contributed by atoms with E-state index in [9.17, 15) is 8.42 Å². The van der Waals surface area contributed by atoms with Crippen LogP contribution in [0.3, 0.4) is 0 Å². The lowest BCUT2D eigenvalue weighted by atomic mass is 9.98. The Morgan fingerprint density at radius 1 is 1.38 bits per heavy atom. The molecule has 2 N–H and O–H groups in total. The standard InChI is InChI=1S/C14H25N3O2S2/c1-3-13-6-9-20-14(13)11-16-21(18,19)17-7-4-12(5-8-17)10-15-2/h6,9,12,15-16H,3-5,7-8,10-11H2,1-2H3. The maximum Gasteiger partial charge on any atom is 0.279 e. The van der Waals surface area contributed by atoms with Crippen molar-refractivity contribution < 1.29 is 8.42 Å². The van der Waals surface area contributed by atoms with E-state index >= 15 is 0 Å². The van der Waals surface area contributed by atoms with Crippen LogP contribution in [0.25, 0.3) is 0 Å². The summed E-state index contributed by atoms with van der Waals surface area (Å²) in [5, 5.41) is 5.18. The minimum absolute atomic E-state index is 0.402. The van der Waals surface area contributed by atoms with Crippen LogP contribution in [0.5, 0.6) is 0 Å². The van der Waals surface area contributed by atoms with Crippen LogP contribution in [0.15, 0.2) is 11.4 Å². The normalized spacial score (nSPS) is 18.2.